The lowest BCUT2D eigenvalue weighted by Crippen LogP contribution is -2.43. The number of piperidine rings is 1. The molecule has 1 saturated heterocycles. The summed E-state index contributed by atoms with van der Waals surface area (Å²) in [5.74, 6) is -3.11. The van der Waals surface area contributed by atoms with Crippen LogP contribution in [0.1, 0.15) is 31.2 Å². The van der Waals surface area contributed by atoms with Crippen LogP contribution in [0.5, 0.6) is 5.75 Å². The summed E-state index contributed by atoms with van der Waals surface area (Å²) in [7, 11) is 1.63. The summed E-state index contributed by atoms with van der Waals surface area (Å²) >= 11 is 6.50. The molecule has 36 heavy (non-hydrogen) atoms. The molecule has 0 atom stereocenters. The first kappa shape index (κ1) is 26.5. The fourth-order valence-electron chi connectivity index (χ4n) is 4.98. The standard InChI is InChI=1S/C27H31ClF3N3O2/c1-36-19-4-5-25-21(15-19)20(22(28)16-33-25)3-2-6-27(17-35)7-10-34(11-8-27)12-9-32-18-13-23(29)26(31)24(30)14-18/h4-5,13-16,32,35H,2-3,6-12,17H2,1H3. The first-order valence-corrected chi connectivity index (χ1v) is 12.5. The van der Waals surface area contributed by atoms with Crippen molar-refractivity contribution in [1.29, 1.82) is 0 Å². The second kappa shape index (κ2) is 11.7. The van der Waals surface area contributed by atoms with Gasteiger partial charge in [-0.25, -0.2) is 13.2 Å². The number of aliphatic hydroxyl groups excluding tert-OH is 1. The predicted octanol–water partition coefficient (Wildman–Crippen LogP) is 5.82. The number of aryl methyl sites for hydroxylation is 1. The third-order valence-corrected chi connectivity index (χ3v) is 7.59. The number of ether oxygens (including phenoxy) is 1. The molecule has 1 aliphatic heterocycles. The number of aromatic nitrogens is 1. The summed E-state index contributed by atoms with van der Waals surface area (Å²) in [5.41, 5.74) is 2.00. The van der Waals surface area contributed by atoms with Crippen molar-refractivity contribution in [2.75, 3.05) is 45.2 Å². The Labute approximate surface area is 214 Å². The van der Waals surface area contributed by atoms with Crippen molar-refractivity contribution in [2.45, 2.75) is 32.1 Å². The van der Waals surface area contributed by atoms with Gasteiger partial charge in [-0.05, 0) is 74.4 Å². The van der Waals surface area contributed by atoms with Gasteiger partial charge in [0.25, 0.3) is 0 Å². The number of methoxy groups -OCH3 is 1. The van der Waals surface area contributed by atoms with Gasteiger partial charge in [0, 0.05) is 49.1 Å². The first-order chi connectivity index (χ1) is 17.3. The minimum Gasteiger partial charge on any atom is -0.497 e. The van der Waals surface area contributed by atoms with Crippen LogP contribution >= 0.6 is 11.6 Å². The van der Waals surface area contributed by atoms with Gasteiger partial charge in [0.2, 0.25) is 0 Å². The number of aliphatic hydroxyl groups is 1. The number of halogens is 4. The van der Waals surface area contributed by atoms with Gasteiger partial charge in [0.15, 0.2) is 17.5 Å². The molecule has 1 aromatic heterocycles. The molecule has 1 aliphatic rings. The van der Waals surface area contributed by atoms with Gasteiger partial charge >= 0.3 is 0 Å². The molecule has 1 fully saturated rings. The number of nitrogens with zero attached hydrogens (tertiary/aromatic N) is 2. The normalized spacial score (nSPS) is 15.8. The lowest BCUT2D eigenvalue weighted by Gasteiger charge is -2.41. The van der Waals surface area contributed by atoms with Crippen LogP contribution < -0.4 is 10.1 Å². The maximum atomic E-state index is 13.4. The summed E-state index contributed by atoms with van der Waals surface area (Å²) in [5, 5.41) is 14.8. The van der Waals surface area contributed by atoms with Gasteiger partial charge in [-0.15, -0.1) is 0 Å². The number of pyridine rings is 1. The maximum Gasteiger partial charge on any atom is 0.194 e. The monoisotopic (exact) mass is 521 g/mol. The largest absolute Gasteiger partial charge is 0.497 e. The van der Waals surface area contributed by atoms with Crippen molar-refractivity contribution in [2.24, 2.45) is 5.41 Å². The minimum absolute atomic E-state index is 0.131. The van der Waals surface area contributed by atoms with Crippen molar-refractivity contribution in [1.82, 2.24) is 9.88 Å². The van der Waals surface area contributed by atoms with Gasteiger partial charge in [0.05, 0.1) is 17.6 Å². The molecule has 0 unspecified atom stereocenters. The molecule has 2 aromatic carbocycles. The van der Waals surface area contributed by atoms with Crippen LogP contribution in [0.2, 0.25) is 5.02 Å². The van der Waals surface area contributed by atoms with E-state index in [0.29, 0.717) is 18.1 Å². The zero-order valence-corrected chi connectivity index (χ0v) is 21.1. The second-order valence-corrected chi connectivity index (χ2v) is 9.91. The van der Waals surface area contributed by atoms with Crippen molar-refractivity contribution >= 4 is 28.2 Å². The Hall–Kier alpha value is -2.55. The van der Waals surface area contributed by atoms with Gasteiger partial charge in [-0.3, -0.25) is 4.98 Å². The molecule has 2 heterocycles. The Balaban J connectivity index is 1.29. The highest BCUT2D eigenvalue weighted by molar-refractivity contribution is 6.32. The van der Waals surface area contributed by atoms with E-state index in [1.165, 1.54) is 0 Å². The lowest BCUT2D eigenvalue weighted by molar-refractivity contribution is 0.0370. The molecule has 194 valence electrons. The SMILES string of the molecule is COc1ccc2ncc(Cl)c(CCCC3(CO)CCN(CCNc4cc(F)c(F)c(F)c4)CC3)c2c1. The number of likely N-dealkylation sites (tertiary alicyclic amines) is 1. The van der Waals surface area contributed by atoms with E-state index in [2.05, 4.69) is 15.2 Å². The Morgan fingerprint density at radius 3 is 2.53 bits per heavy atom. The second-order valence-electron chi connectivity index (χ2n) is 9.50. The molecular formula is C27H31ClF3N3O2. The average molecular weight is 522 g/mol. The molecule has 0 amide bonds. The van der Waals surface area contributed by atoms with E-state index < -0.39 is 17.5 Å². The number of rotatable bonds is 10. The Bertz CT molecular complexity index is 1180. The quantitative estimate of drug-likeness (QED) is 0.329. The Morgan fingerprint density at radius 2 is 1.86 bits per heavy atom. The van der Waals surface area contributed by atoms with Crippen molar-refractivity contribution in [3.8, 4) is 5.75 Å². The summed E-state index contributed by atoms with van der Waals surface area (Å²) < 4.78 is 45.2. The van der Waals surface area contributed by atoms with E-state index in [4.69, 9.17) is 16.3 Å². The first-order valence-electron chi connectivity index (χ1n) is 12.2. The zero-order chi connectivity index (χ0) is 25.7. The smallest absolute Gasteiger partial charge is 0.194 e. The van der Waals surface area contributed by atoms with Crippen molar-refractivity contribution in [3.63, 3.8) is 0 Å². The molecule has 2 N–H and O–H groups in total. The van der Waals surface area contributed by atoms with Crippen molar-refractivity contribution in [3.05, 3.63) is 64.6 Å². The van der Waals surface area contributed by atoms with E-state index in [0.717, 1.165) is 79.5 Å². The molecule has 9 heteroatoms. The molecule has 4 rings (SSSR count). The lowest BCUT2D eigenvalue weighted by atomic mass is 9.75. The van der Waals surface area contributed by atoms with E-state index in [1.54, 1.807) is 13.3 Å². The van der Waals surface area contributed by atoms with Crippen molar-refractivity contribution < 1.29 is 23.0 Å². The fraction of sp³-hybridized carbons (Fsp3) is 0.444. The number of benzene rings is 2. The highest BCUT2D eigenvalue weighted by atomic mass is 35.5. The molecular weight excluding hydrogens is 491 g/mol. The van der Waals surface area contributed by atoms with Crippen LogP contribution in [0.15, 0.2) is 36.5 Å². The van der Waals surface area contributed by atoms with Crippen LogP contribution in [-0.2, 0) is 6.42 Å². The topological polar surface area (TPSA) is 57.6 Å². The highest BCUT2D eigenvalue weighted by Gasteiger charge is 2.33. The number of anilines is 1. The third kappa shape index (κ3) is 6.05. The molecule has 0 aliphatic carbocycles. The van der Waals surface area contributed by atoms with Crippen LogP contribution in [-0.4, -0.2) is 54.9 Å². The molecule has 5 nitrogen and oxygen atoms in total. The third-order valence-electron chi connectivity index (χ3n) is 7.26. The predicted molar refractivity (Wildman–Crippen MR) is 136 cm³/mol. The van der Waals surface area contributed by atoms with E-state index in [1.807, 2.05) is 18.2 Å². The van der Waals surface area contributed by atoms with E-state index in [9.17, 15) is 18.3 Å². The van der Waals surface area contributed by atoms with Crippen LogP contribution in [0.3, 0.4) is 0 Å². The highest BCUT2D eigenvalue weighted by Crippen LogP contribution is 2.37. The Morgan fingerprint density at radius 1 is 1.14 bits per heavy atom. The Kier molecular flexibility index (Phi) is 8.59. The number of fused-ring (bicyclic) bond motifs is 1. The molecule has 3 aromatic rings. The molecule has 0 saturated carbocycles. The van der Waals surface area contributed by atoms with Gasteiger partial charge in [0.1, 0.15) is 5.75 Å². The minimum atomic E-state index is -1.46. The fourth-order valence-corrected chi connectivity index (χ4v) is 5.22. The average Bonchev–Trinajstić information content (AvgIpc) is 2.89. The van der Waals surface area contributed by atoms with Crippen LogP contribution in [0, 0.1) is 22.9 Å². The summed E-state index contributed by atoms with van der Waals surface area (Å²) in [4.78, 5) is 6.68. The molecule has 0 spiro atoms. The molecule has 0 radical (unpaired) electrons. The number of hydrogen-bond donors (Lipinski definition) is 2. The number of nitrogens with one attached hydrogen (secondary N) is 1. The van der Waals surface area contributed by atoms with E-state index >= 15 is 0 Å². The number of hydrogen-bond acceptors (Lipinski definition) is 5. The van der Waals surface area contributed by atoms with Gasteiger partial charge < -0.3 is 20.1 Å². The van der Waals surface area contributed by atoms with Gasteiger partial charge in [-0.2, -0.15) is 0 Å². The van der Waals surface area contributed by atoms with Crippen LogP contribution in [0.25, 0.3) is 10.9 Å². The summed E-state index contributed by atoms with van der Waals surface area (Å²) in [6, 6.07) is 7.69. The zero-order valence-electron chi connectivity index (χ0n) is 20.3. The van der Waals surface area contributed by atoms with Crippen LogP contribution in [0.4, 0.5) is 18.9 Å². The van der Waals surface area contributed by atoms with Gasteiger partial charge in [-0.1, -0.05) is 11.6 Å². The maximum absolute atomic E-state index is 13.4. The van der Waals surface area contributed by atoms with E-state index in [-0.39, 0.29) is 17.7 Å². The summed E-state index contributed by atoms with van der Waals surface area (Å²) in [6.45, 7) is 2.94. The molecule has 0 bridgehead atoms. The summed E-state index contributed by atoms with van der Waals surface area (Å²) in [6.07, 6.45) is 5.97.